The summed E-state index contributed by atoms with van der Waals surface area (Å²) in [5, 5.41) is 5.66. The number of anilines is 3. The molecule has 0 aliphatic rings. The second-order valence-corrected chi connectivity index (χ2v) is 7.80. The zero-order valence-electron chi connectivity index (χ0n) is 14.5. The molecule has 150 valence electrons. The summed E-state index contributed by atoms with van der Waals surface area (Å²) in [5.74, 6) is 0. The number of sulfonamides is 1. The molecule has 10 nitrogen and oxygen atoms in total. The molecular weight excluding hydrogens is 422 g/mol. The van der Waals surface area contributed by atoms with E-state index in [9.17, 15) is 22.8 Å². The van der Waals surface area contributed by atoms with Crippen molar-refractivity contribution in [3.05, 3.63) is 80.6 Å². The van der Waals surface area contributed by atoms with Crippen LogP contribution in [0.15, 0.2) is 69.2 Å². The van der Waals surface area contributed by atoms with Gasteiger partial charge in [0.1, 0.15) is 0 Å². The fourth-order valence-electron chi connectivity index (χ4n) is 2.29. The van der Waals surface area contributed by atoms with Gasteiger partial charge in [0.05, 0.1) is 0 Å². The molecule has 0 radical (unpaired) electrons. The van der Waals surface area contributed by atoms with Gasteiger partial charge in [-0.15, -0.1) is 0 Å². The summed E-state index contributed by atoms with van der Waals surface area (Å²) in [4.78, 5) is 38.0. The van der Waals surface area contributed by atoms with E-state index in [4.69, 9.17) is 11.6 Å². The first-order valence-electron chi connectivity index (χ1n) is 8.01. The van der Waals surface area contributed by atoms with E-state index in [1.165, 1.54) is 24.3 Å². The van der Waals surface area contributed by atoms with E-state index in [1.807, 2.05) is 4.98 Å². The Morgan fingerprint density at radius 3 is 2.24 bits per heavy atom. The number of halogens is 1. The lowest BCUT2D eigenvalue weighted by atomic mass is 10.3. The largest absolute Gasteiger partial charge is 0.325 e. The Balaban J connectivity index is 1.67. The molecule has 0 saturated heterocycles. The SMILES string of the molecule is O=C(Nc1ccc(NS(=O)(=O)c2c[nH]c(=O)[nH]c2=O)cc1)Nc1cccc(Cl)c1. The zero-order chi connectivity index (χ0) is 21.0. The Morgan fingerprint density at radius 1 is 0.931 bits per heavy atom. The van der Waals surface area contributed by atoms with Crippen LogP contribution >= 0.6 is 11.6 Å². The Bertz CT molecular complexity index is 1270. The number of hydrogen-bond donors (Lipinski definition) is 5. The highest BCUT2D eigenvalue weighted by Crippen LogP contribution is 2.18. The lowest BCUT2D eigenvalue weighted by Gasteiger charge is -2.10. The third-order valence-corrected chi connectivity index (χ3v) is 5.17. The average molecular weight is 436 g/mol. The number of aromatic nitrogens is 2. The molecule has 0 spiro atoms. The molecule has 1 aromatic heterocycles. The molecule has 3 rings (SSSR count). The number of carbonyl (C=O) groups excluding carboxylic acids is 1. The van der Waals surface area contributed by atoms with E-state index < -0.39 is 32.2 Å². The van der Waals surface area contributed by atoms with E-state index in [1.54, 1.807) is 24.3 Å². The topological polar surface area (TPSA) is 153 Å². The highest BCUT2D eigenvalue weighted by Gasteiger charge is 2.19. The molecule has 2 aromatic carbocycles. The summed E-state index contributed by atoms with van der Waals surface area (Å²) in [6, 6.07) is 11.8. The minimum absolute atomic E-state index is 0.149. The van der Waals surface area contributed by atoms with Crippen LogP contribution in [0, 0.1) is 0 Å². The summed E-state index contributed by atoms with van der Waals surface area (Å²) in [6.07, 6.45) is 0.805. The molecule has 29 heavy (non-hydrogen) atoms. The predicted molar refractivity (Wildman–Crippen MR) is 109 cm³/mol. The second kappa shape index (κ2) is 8.20. The number of aromatic amines is 2. The molecule has 0 aliphatic carbocycles. The molecule has 0 saturated carbocycles. The van der Waals surface area contributed by atoms with Crippen LogP contribution in [0.3, 0.4) is 0 Å². The second-order valence-electron chi connectivity index (χ2n) is 5.71. The van der Waals surface area contributed by atoms with Gasteiger partial charge in [-0.05, 0) is 42.5 Å². The summed E-state index contributed by atoms with van der Waals surface area (Å²) in [6.45, 7) is 0. The Kier molecular flexibility index (Phi) is 5.71. The van der Waals surface area contributed by atoms with Gasteiger partial charge in [-0.1, -0.05) is 17.7 Å². The lowest BCUT2D eigenvalue weighted by Crippen LogP contribution is -2.29. The van der Waals surface area contributed by atoms with Gasteiger partial charge >= 0.3 is 11.7 Å². The molecule has 2 amide bonds. The van der Waals surface area contributed by atoms with Gasteiger partial charge in [0.15, 0.2) is 4.90 Å². The number of H-pyrrole nitrogens is 2. The first-order valence-corrected chi connectivity index (χ1v) is 9.87. The number of hydrogen-bond acceptors (Lipinski definition) is 5. The van der Waals surface area contributed by atoms with Crippen LogP contribution in [0.2, 0.25) is 5.02 Å². The van der Waals surface area contributed by atoms with Gasteiger partial charge in [0.2, 0.25) is 0 Å². The number of nitrogens with one attached hydrogen (secondary N) is 5. The van der Waals surface area contributed by atoms with Crippen molar-refractivity contribution in [2.75, 3.05) is 15.4 Å². The first-order chi connectivity index (χ1) is 13.7. The van der Waals surface area contributed by atoms with E-state index in [-0.39, 0.29) is 5.69 Å². The molecule has 5 N–H and O–H groups in total. The average Bonchev–Trinajstić information content (AvgIpc) is 2.62. The lowest BCUT2D eigenvalue weighted by molar-refractivity contribution is 0.262. The van der Waals surface area contributed by atoms with Crippen LogP contribution in [0.1, 0.15) is 0 Å². The van der Waals surface area contributed by atoms with Crippen molar-refractivity contribution < 1.29 is 13.2 Å². The van der Waals surface area contributed by atoms with Crippen LogP contribution in [0.25, 0.3) is 0 Å². The van der Waals surface area contributed by atoms with Crippen molar-refractivity contribution in [2.24, 2.45) is 0 Å². The smallest absolute Gasteiger partial charge is 0.313 e. The Labute approximate surface area is 169 Å². The fraction of sp³-hybridized carbons (Fsp3) is 0. The van der Waals surface area contributed by atoms with Crippen LogP contribution in [0.5, 0.6) is 0 Å². The molecular formula is C17H14ClN5O5S. The van der Waals surface area contributed by atoms with Crippen LogP contribution in [0.4, 0.5) is 21.9 Å². The monoisotopic (exact) mass is 435 g/mol. The van der Waals surface area contributed by atoms with E-state index >= 15 is 0 Å². The Hall–Kier alpha value is -3.57. The minimum atomic E-state index is -4.22. The standard InChI is InChI=1S/C17H14ClN5O5S/c18-10-2-1-3-13(8-10)21-17(26)20-11-4-6-12(7-5-11)23-29(27,28)14-9-19-16(25)22-15(14)24/h1-9,23H,(H2,20,21,26)(H2,19,22,24,25). The van der Waals surface area contributed by atoms with E-state index in [0.717, 1.165) is 6.20 Å². The molecule has 0 atom stereocenters. The quantitative estimate of drug-likeness (QED) is 0.415. The minimum Gasteiger partial charge on any atom is -0.313 e. The summed E-state index contributed by atoms with van der Waals surface area (Å²) >= 11 is 5.85. The maximum absolute atomic E-state index is 12.3. The van der Waals surface area contributed by atoms with Crippen molar-refractivity contribution in [3.63, 3.8) is 0 Å². The van der Waals surface area contributed by atoms with Crippen LogP contribution in [-0.2, 0) is 10.0 Å². The number of benzene rings is 2. The van der Waals surface area contributed by atoms with Gasteiger partial charge in [-0.3, -0.25) is 14.5 Å². The van der Waals surface area contributed by atoms with Crippen molar-refractivity contribution >= 4 is 44.7 Å². The molecule has 0 unspecified atom stereocenters. The molecule has 0 bridgehead atoms. The summed E-state index contributed by atoms with van der Waals surface area (Å²) < 4.78 is 26.8. The van der Waals surface area contributed by atoms with Gasteiger partial charge in [0, 0.05) is 28.3 Å². The summed E-state index contributed by atoms with van der Waals surface area (Å²) in [7, 11) is -4.22. The van der Waals surface area contributed by atoms with E-state index in [0.29, 0.717) is 16.4 Å². The van der Waals surface area contributed by atoms with Crippen molar-refractivity contribution in [1.82, 2.24) is 9.97 Å². The third kappa shape index (κ3) is 5.24. The summed E-state index contributed by atoms with van der Waals surface area (Å²) in [5.41, 5.74) is -0.811. The van der Waals surface area contributed by atoms with E-state index in [2.05, 4.69) is 20.3 Å². The van der Waals surface area contributed by atoms with Crippen LogP contribution in [-0.4, -0.2) is 24.4 Å². The first kappa shape index (κ1) is 20.2. The van der Waals surface area contributed by atoms with Gasteiger partial charge in [-0.25, -0.2) is 18.0 Å². The van der Waals surface area contributed by atoms with Crippen LogP contribution < -0.4 is 26.6 Å². The molecule has 12 heteroatoms. The van der Waals surface area contributed by atoms with Gasteiger partial charge < -0.3 is 15.6 Å². The Morgan fingerprint density at radius 2 is 1.59 bits per heavy atom. The molecule has 3 aromatic rings. The van der Waals surface area contributed by atoms with Crippen molar-refractivity contribution in [1.29, 1.82) is 0 Å². The maximum atomic E-state index is 12.3. The molecule has 1 heterocycles. The molecule has 0 aliphatic heterocycles. The maximum Gasteiger partial charge on any atom is 0.325 e. The van der Waals surface area contributed by atoms with Gasteiger partial charge in [0.25, 0.3) is 15.6 Å². The van der Waals surface area contributed by atoms with Crippen molar-refractivity contribution in [2.45, 2.75) is 4.90 Å². The number of amides is 2. The number of carbonyl (C=O) groups is 1. The number of rotatable bonds is 5. The van der Waals surface area contributed by atoms with Gasteiger partial charge in [-0.2, -0.15) is 0 Å². The number of urea groups is 1. The van der Waals surface area contributed by atoms with Crippen molar-refractivity contribution in [3.8, 4) is 0 Å². The zero-order valence-corrected chi connectivity index (χ0v) is 16.1. The predicted octanol–water partition coefficient (Wildman–Crippen LogP) is 2.16. The highest BCUT2D eigenvalue weighted by atomic mass is 35.5. The normalized spacial score (nSPS) is 10.9. The highest BCUT2D eigenvalue weighted by molar-refractivity contribution is 7.92. The third-order valence-electron chi connectivity index (χ3n) is 3.55. The fourth-order valence-corrected chi connectivity index (χ4v) is 3.54. The molecule has 0 fully saturated rings.